The van der Waals surface area contributed by atoms with Gasteiger partial charge < -0.3 is 10.2 Å². The van der Waals surface area contributed by atoms with Crippen molar-refractivity contribution in [2.45, 2.75) is 13.3 Å². The lowest BCUT2D eigenvalue weighted by Crippen LogP contribution is -2.49. The maximum absolute atomic E-state index is 11.6. The molecular weight excluding hydrogens is 286 g/mol. The first-order chi connectivity index (χ1) is 10.2. The van der Waals surface area contributed by atoms with Gasteiger partial charge in [0, 0.05) is 44.3 Å². The van der Waals surface area contributed by atoms with Crippen LogP contribution in [0.3, 0.4) is 0 Å². The van der Waals surface area contributed by atoms with E-state index in [1.165, 1.54) is 5.56 Å². The Labute approximate surface area is 132 Å². The number of likely N-dealkylation sites (N-methyl/N-ethyl adjacent to an activating group) is 1. The maximum Gasteiger partial charge on any atom is 0.234 e. The normalized spacial score (nSPS) is 16.9. The molecule has 1 fully saturated rings. The Bertz CT molecular complexity index is 459. The molecule has 2 rings (SSSR count). The maximum atomic E-state index is 11.6. The molecule has 1 aliphatic rings. The summed E-state index contributed by atoms with van der Waals surface area (Å²) in [6.07, 6.45) is 0.982. The van der Waals surface area contributed by atoms with Crippen LogP contribution in [0.4, 0.5) is 0 Å². The zero-order valence-corrected chi connectivity index (χ0v) is 13.4. The zero-order chi connectivity index (χ0) is 15.1. The van der Waals surface area contributed by atoms with Crippen molar-refractivity contribution >= 4 is 17.5 Å². The number of piperazine rings is 1. The zero-order valence-electron chi connectivity index (χ0n) is 12.6. The van der Waals surface area contributed by atoms with Gasteiger partial charge in [0.1, 0.15) is 0 Å². The number of rotatable bonds is 6. The van der Waals surface area contributed by atoms with Gasteiger partial charge in [0.15, 0.2) is 0 Å². The fourth-order valence-electron chi connectivity index (χ4n) is 2.61. The average Bonchev–Trinajstić information content (AvgIpc) is 2.48. The third-order valence-corrected chi connectivity index (χ3v) is 4.23. The van der Waals surface area contributed by atoms with Crippen molar-refractivity contribution in [2.75, 3.05) is 45.8 Å². The Balaban J connectivity index is 1.70. The highest BCUT2D eigenvalue weighted by Gasteiger charge is 2.18. The van der Waals surface area contributed by atoms with Gasteiger partial charge in [-0.05, 0) is 25.0 Å². The largest absolute Gasteiger partial charge is 0.355 e. The van der Waals surface area contributed by atoms with E-state index in [4.69, 9.17) is 11.6 Å². The van der Waals surface area contributed by atoms with Gasteiger partial charge >= 0.3 is 0 Å². The quantitative estimate of drug-likeness (QED) is 0.868. The molecule has 1 N–H and O–H groups in total. The van der Waals surface area contributed by atoms with E-state index >= 15 is 0 Å². The molecule has 1 saturated heterocycles. The summed E-state index contributed by atoms with van der Waals surface area (Å²) in [5, 5.41) is 3.70. The molecular formula is C16H24ClN3O. The highest BCUT2D eigenvalue weighted by Crippen LogP contribution is 2.16. The smallest absolute Gasteiger partial charge is 0.234 e. The first-order valence-electron chi connectivity index (χ1n) is 7.64. The van der Waals surface area contributed by atoms with E-state index < -0.39 is 0 Å². The van der Waals surface area contributed by atoms with Crippen molar-refractivity contribution in [3.63, 3.8) is 0 Å². The van der Waals surface area contributed by atoms with Gasteiger partial charge in [-0.1, -0.05) is 29.8 Å². The molecule has 0 aliphatic carbocycles. The van der Waals surface area contributed by atoms with Gasteiger partial charge in [-0.25, -0.2) is 0 Å². The van der Waals surface area contributed by atoms with Crippen molar-refractivity contribution in [2.24, 2.45) is 0 Å². The first kappa shape index (κ1) is 16.3. The molecule has 0 unspecified atom stereocenters. The van der Waals surface area contributed by atoms with Crippen LogP contribution >= 0.6 is 11.6 Å². The van der Waals surface area contributed by atoms with Crippen LogP contribution in [0.25, 0.3) is 0 Å². The summed E-state index contributed by atoms with van der Waals surface area (Å²) in [5.74, 6) is 0.127. The Hall–Kier alpha value is -1.10. The molecule has 0 atom stereocenters. The summed E-state index contributed by atoms with van der Waals surface area (Å²) in [7, 11) is 0. The van der Waals surface area contributed by atoms with Crippen molar-refractivity contribution in [3.8, 4) is 0 Å². The number of hydrogen-bond donors (Lipinski definition) is 1. The van der Waals surface area contributed by atoms with Crippen LogP contribution in [0, 0.1) is 0 Å². The molecule has 5 heteroatoms. The summed E-state index contributed by atoms with van der Waals surface area (Å²) in [6, 6.07) is 8.03. The first-order valence-corrected chi connectivity index (χ1v) is 8.01. The predicted molar refractivity (Wildman–Crippen MR) is 86.7 cm³/mol. The van der Waals surface area contributed by atoms with Crippen molar-refractivity contribution in [1.29, 1.82) is 0 Å². The lowest BCUT2D eigenvalue weighted by atomic mass is 10.1. The molecule has 1 aliphatic heterocycles. The number of nitrogens with zero attached hydrogens (tertiary/aromatic N) is 2. The molecule has 1 amide bonds. The van der Waals surface area contributed by atoms with Crippen molar-refractivity contribution in [3.05, 3.63) is 34.9 Å². The summed E-state index contributed by atoms with van der Waals surface area (Å²) in [6.45, 7) is 8.15. The van der Waals surface area contributed by atoms with Crippen LogP contribution in [-0.2, 0) is 11.2 Å². The second-order valence-corrected chi connectivity index (χ2v) is 5.82. The Morgan fingerprint density at radius 2 is 1.86 bits per heavy atom. The third kappa shape index (κ3) is 5.30. The van der Waals surface area contributed by atoms with E-state index in [1.807, 2.05) is 25.1 Å². The van der Waals surface area contributed by atoms with Crippen LogP contribution in [0.2, 0.25) is 5.02 Å². The topological polar surface area (TPSA) is 35.6 Å². The SMILES string of the molecule is CCNC(=O)CN1CCN(CCc2ccccc2Cl)CC1. The lowest BCUT2D eigenvalue weighted by molar-refractivity contribution is -0.122. The highest BCUT2D eigenvalue weighted by molar-refractivity contribution is 6.31. The van der Waals surface area contributed by atoms with Crippen LogP contribution < -0.4 is 5.32 Å². The van der Waals surface area contributed by atoms with E-state index in [-0.39, 0.29) is 5.91 Å². The Kier molecular flexibility index (Phi) is 6.49. The van der Waals surface area contributed by atoms with E-state index in [0.717, 1.165) is 44.2 Å². The number of halogens is 1. The predicted octanol–water partition coefficient (Wildman–Crippen LogP) is 1.64. The summed E-state index contributed by atoms with van der Waals surface area (Å²) in [5.41, 5.74) is 1.21. The number of amides is 1. The molecule has 0 bridgehead atoms. The van der Waals surface area contributed by atoms with E-state index in [2.05, 4.69) is 21.2 Å². The summed E-state index contributed by atoms with van der Waals surface area (Å²) < 4.78 is 0. The second-order valence-electron chi connectivity index (χ2n) is 5.41. The molecule has 1 aromatic carbocycles. The fraction of sp³-hybridized carbons (Fsp3) is 0.562. The van der Waals surface area contributed by atoms with Crippen molar-refractivity contribution in [1.82, 2.24) is 15.1 Å². The van der Waals surface area contributed by atoms with Crippen LogP contribution in [0.15, 0.2) is 24.3 Å². The summed E-state index contributed by atoms with van der Waals surface area (Å²) in [4.78, 5) is 16.2. The van der Waals surface area contributed by atoms with Crippen LogP contribution in [-0.4, -0.2) is 61.5 Å². The molecule has 1 heterocycles. The molecule has 116 valence electrons. The van der Waals surface area contributed by atoms with Crippen molar-refractivity contribution < 1.29 is 4.79 Å². The number of hydrogen-bond acceptors (Lipinski definition) is 3. The number of carbonyl (C=O) groups is 1. The Morgan fingerprint density at radius 3 is 2.52 bits per heavy atom. The van der Waals surface area contributed by atoms with E-state index in [9.17, 15) is 4.79 Å². The standard InChI is InChI=1S/C16H24ClN3O/c1-2-18-16(21)13-20-11-9-19(10-12-20)8-7-14-5-3-4-6-15(14)17/h3-6H,2,7-13H2,1H3,(H,18,21). The van der Waals surface area contributed by atoms with Crippen LogP contribution in [0.5, 0.6) is 0 Å². The summed E-state index contributed by atoms with van der Waals surface area (Å²) >= 11 is 6.18. The molecule has 0 saturated carbocycles. The number of carbonyl (C=O) groups excluding carboxylic acids is 1. The number of benzene rings is 1. The number of nitrogens with one attached hydrogen (secondary N) is 1. The molecule has 1 aromatic rings. The molecule has 0 spiro atoms. The lowest BCUT2D eigenvalue weighted by Gasteiger charge is -2.34. The van der Waals surface area contributed by atoms with Gasteiger partial charge in [-0.3, -0.25) is 9.69 Å². The van der Waals surface area contributed by atoms with Gasteiger partial charge in [0.25, 0.3) is 0 Å². The minimum absolute atomic E-state index is 0.127. The van der Waals surface area contributed by atoms with E-state index in [0.29, 0.717) is 13.1 Å². The monoisotopic (exact) mass is 309 g/mol. The molecule has 21 heavy (non-hydrogen) atoms. The third-order valence-electron chi connectivity index (χ3n) is 3.86. The molecule has 0 aromatic heterocycles. The van der Waals surface area contributed by atoms with Gasteiger partial charge in [0.05, 0.1) is 6.54 Å². The van der Waals surface area contributed by atoms with Gasteiger partial charge in [-0.15, -0.1) is 0 Å². The fourth-order valence-corrected chi connectivity index (χ4v) is 2.84. The minimum atomic E-state index is 0.127. The minimum Gasteiger partial charge on any atom is -0.355 e. The van der Waals surface area contributed by atoms with E-state index in [1.54, 1.807) is 0 Å². The van der Waals surface area contributed by atoms with Gasteiger partial charge in [0.2, 0.25) is 5.91 Å². The van der Waals surface area contributed by atoms with Crippen LogP contribution in [0.1, 0.15) is 12.5 Å². The highest BCUT2D eigenvalue weighted by atomic mass is 35.5. The molecule has 0 radical (unpaired) electrons. The Morgan fingerprint density at radius 1 is 1.19 bits per heavy atom. The second kappa shape index (κ2) is 8.37. The average molecular weight is 310 g/mol. The van der Waals surface area contributed by atoms with Gasteiger partial charge in [-0.2, -0.15) is 0 Å². The molecule has 4 nitrogen and oxygen atoms in total.